The van der Waals surface area contributed by atoms with E-state index in [1.165, 1.54) is 11.3 Å². The summed E-state index contributed by atoms with van der Waals surface area (Å²) in [5.41, 5.74) is 2.33. The van der Waals surface area contributed by atoms with Gasteiger partial charge >= 0.3 is 0 Å². The summed E-state index contributed by atoms with van der Waals surface area (Å²) in [6.45, 7) is 4.70. The number of fused-ring (bicyclic) bond motifs is 1. The second-order valence-electron chi connectivity index (χ2n) is 6.18. The Hall–Kier alpha value is -1.96. The van der Waals surface area contributed by atoms with Crippen molar-refractivity contribution in [2.45, 2.75) is 25.8 Å². The molecule has 1 aliphatic heterocycles. The minimum Gasteiger partial charge on any atom is -0.334 e. The van der Waals surface area contributed by atoms with Gasteiger partial charge in [-0.1, -0.05) is 6.07 Å². The molecule has 3 aromatic heterocycles. The van der Waals surface area contributed by atoms with Crippen LogP contribution in [-0.4, -0.2) is 50.9 Å². The number of nitrogens with zero attached hydrogens (tertiary/aromatic N) is 4. The van der Waals surface area contributed by atoms with E-state index in [-0.39, 0.29) is 18.3 Å². The molecule has 0 spiro atoms. The zero-order chi connectivity index (χ0) is 17.2. The van der Waals surface area contributed by atoms with E-state index in [4.69, 9.17) is 0 Å². The molecule has 0 atom stereocenters. The lowest BCUT2D eigenvalue weighted by atomic mass is 10.0. The number of carbonyl (C=O) groups excluding carboxylic acids is 1. The molecule has 1 N–H and O–H groups in total. The molecule has 4 rings (SSSR count). The summed E-state index contributed by atoms with van der Waals surface area (Å²) in [5.74, 6) is 0.0331. The van der Waals surface area contributed by atoms with Crippen molar-refractivity contribution in [2.24, 2.45) is 0 Å². The number of nitrogens with one attached hydrogen (secondary N) is 1. The molecule has 0 radical (unpaired) electrons. The first-order valence-electron chi connectivity index (χ1n) is 8.67. The Morgan fingerprint density at radius 1 is 1.38 bits per heavy atom. The SMILES string of the molecule is CCN(C(=O)c1csc(-c2cnc3ccccn23)n1)C1CCNCC1.Cl. The van der Waals surface area contributed by atoms with Crippen LogP contribution in [0.25, 0.3) is 16.3 Å². The molecular weight excluding hydrogens is 370 g/mol. The quantitative estimate of drug-likeness (QED) is 0.742. The van der Waals surface area contributed by atoms with Crippen LogP contribution in [0, 0.1) is 0 Å². The Bertz CT molecular complexity index is 886. The minimum absolute atomic E-state index is 0. The summed E-state index contributed by atoms with van der Waals surface area (Å²) < 4.78 is 2.00. The first-order valence-corrected chi connectivity index (χ1v) is 9.55. The van der Waals surface area contributed by atoms with E-state index < -0.39 is 0 Å². The number of hydrogen-bond acceptors (Lipinski definition) is 5. The van der Waals surface area contributed by atoms with Crippen molar-refractivity contribution in [3.05, 3.63) is 41.7 Å². The molecule has 0 unspecified atom stereocenters. The van der Waals surface area contributed by atoms with Crippen LogP contribution in [-0.2, 0) is 0 Å². The molecule has 0 aliphatic carbocycles. The van der Waals surface area contributed by atoms with Crippen molar-refractivity contribution in [3.8, 4) is 10.7 Å². The molecule has 1 saturated heterocycles. The number of rotatable bonds is 4. The highest BCUT2D eigenvalue weighted by molar-refractivity contribution is 7.13. The van der Waals surface area contributed by atoms with E-state index >= 15 is 0 Å². The number of imidazole rings is 1. The second-order valence-corrected chi connectivity index (χ2v) is 7.04. The van der Waals surface area contributed by atoms with Crippen molar-refractivity contribution >= 4 is 35.3 Å². The van der Waals surface area contributed by atoms with Gasteiger partial charge in [0.05, 0.1) is 6.20 Å². The second kappa shape index (κ2) is 8.16. The smallest absolute Gasteiger partial charge is 0.273 e. The van der Waals surface area contributed by atoms with Gasteiger partial charge in [-0.25, -0.2) is 9.97 Å². The molecule has 3 aromatic rings. The molecule has 1 amide bonds. The van der Waals surface area contributed by atoms with Crippen LogP contribution in [0.15, 0.2) is 36.0 Å². The first kappa shape index (κ1) is 18.8. The Kier molecular flexibility index (Phi) is 5.90. The number of aromatic nitrogens is 3. The van der Waals surface area contributed by atoms with Gasteiger partial charge in [-0.3, -0.25) is 9.20 Å². The summed E-state index contributed by atoms with van der Waals surface area (Å²) in [7, 11) is 0. The molecular formula is C18H22ClN5OS. The number of pyridine rings is 1. The number of piperidine rings is 1. The molecule has 0 bridgehead atoms. The van der Waals surface area contributed by atoms with Crippen molar-refractivity contribution in [3.63, 3.8) is 0 Å². The van der Waals surface area contributed by atoms with Crippen LogP contribution in [0.2, 0.25) is 0 Å². The van der Waals surface area contributed by atoms with Gasteiger partial charge in [0, 0.05) is 24.2 Å². The Morgan fingerprint density at radius 3 is 2.96 bits per heavy atom. The maximum absolute atomic E-state index is 12.9. The van der Waals surface area contributed by atoms with Crippen LogP contribution >= 0.6 is 23.7 Å². The molecule has 1 aliphatic rings. The zero-order valence-corrected chi connectivity index (χ0v) is 16.2. The van der Waals surface area contributed by atoms with Gasteiger partial charge in [0.15, 0.2) is 0 Å². The van der Waals surface area contributed by atoms with Gasteiger partial charge in [-0.15, -0.1) is 23.7 Å². The third-order valence-electron chi connectivity index (χ3n) is 4.71. The lowest BCUT2D eigenvalue weighted by Crippen LogP contribution is -2.46. The Labute approximate surface area is 162 Å². The van der Waals surface area contributed by atoms with E-state index in [1.807, 2.05) is 52.2 Å². The van der Waals surface area contributed by atoms with E-state index in [0.717, 1.165) is 42.3 Å². The third kappa shape index (κ3) is 3.47. The number of carbonyl (C=O) groups is 1. The van der Waals surface area contributed by atoms with E-state index in [9.17, 15) is 4.79 Å². The fourth-order valence-electron chi connectivity index (χ4n) is 3.41. The van der Waals surface area contributed by atoms with Crippen LogP contribution in [0.5, 0.6) is 0 Å². The standard InChI is InChI=1S/C18H21N5OS.ClH/c1-2-22(13-6-8-19-9-7-13)18(24)14-12-25-17(21-14)15-11-20-16-5-3-4-10-23(15)16;/h3-5,10-13,19H,2,6-9H2,1H3;1H. The molecule has 6 nitrogen and oxygen atoms in total. The van der Waals surface area contributed by atoms with Gasteiger partial charge in [0.1, 0.15) is 22.0 Å². The monoisotopic (exact) mass is 391 g/mol. The number of halogens is 1. The van der Waals surface area contributed by atoms with E-state index in [1.54, 1.807) is 0 Å². The van der Waals surface area contributed by atoms with Crippen molar-refractivity contribution in [1.82, 2.24) is 24.6 Å². The summed E-state index contributed by atoms with van der Waals surface area (Å²) in [6.07, 6.45) is 5.79. The molecule has 0 aromatic carbocycles. The number of hydrogen-bond donors (Lipinski definition) is 1. The lowest BCUT2D eigenvalue weighted by Gasteiger charge is -2.33. The number of amides is 1. The average Bonchev–Trinajstić information content (AvgIpc) is 3.30. The van der Waals surface area contributed by atoms with Gasteiger partial charge in [0.25, 0.3) is 5.91 Å². The summed E-state index contributed by atoms with van der Waals surface area (Å²) >= 11 is 1.49. The van der Waals surface area contributed by atoms with Gasteiger partial charge < -0.3 is 10.2 Å². The molecule has 26 heavy (non-hydrogen) atoms. The van der Waals surface area contributed by atoms with Gasteiger partial charge in [-0.05, 0) is 45.0 Å². The first-order chi connectivity index (χ1) is 12.3. The van der Waals surface area contributed by atoms with Crippen LogP contribution in [0.4, 0.5) is 0 Å². The normalized spacial score (nSPS) is 15.0. The van der Waals surface area contributed by atoms with Crippen LogP contribution in [0.3, 0.4) is 0 Å². The summed E-state index contributed by atoms with van der Waals surface area (Å²) in [6, 6.07) is 6.19. The largest absolute Gasteiger partial charge is 0.334 e. The fourth-order valence-corrected chi connectivity index (χ4v) is 4.21. The maximum Gasteiger partial charge on any atom is 0.273 e. The lowest BCUT2D eigenvalue weighted by molar-refractivity contribution is 0.0651. The Morgan fingerprint density at radius 2 is 2.19 bits per heavy atom. The van der Waals surface area contributed by atoms with Gasteiger partial charge in [0.2, 0.25) is 0 Å². The maximum atomic E-state index is 12.9. The van der Waals surface area contributed by atoms with E-state index in [2.05, 4.69) is 15.3 Å². The summed E-state index contributed by atoms with van der Waals surface area (Å²) in [5, 5.41) is 6.04. The highest BCUT2D eigenvalue weighted by Gasteiger charge is 2.26. The fraction of sp³-hybridized carbons (Fsp3) is 0.389. The third-order valence-corrected chi connectivity index (χ3v) is 5.58. The zero-order valence-electron chi connectivity index (χ0n) is 14.6. The predicted molar refractivity (Wildman–Crippen MR) is 106 cm³/mol. The number of thiazole rings is 1. The van der Waals surface area contributed by atoms with Crippen molar-refractivity contribution in [2.75, 3.05) is 19.6 Å². The van der Waals surface area contributed by atoms with Crippen LogP contribution < -0.4 is 5.32 Å². The van der Waals surface area contributed by atoms with E-state index in [0.29, 0.717) is 18.3 Å². The van der Waals surface area contributed by atoms with Crippen LogP contribution in [0.1, 0.15) is 30.3 Å². The molecule has 8 heteroatoms. The highest BCUT2D eigenvalue weighted by atomic mass is 35.5. The average molecular weight is 392 g/mol. The molecule has 138 valence electrons. The topological polar surface area (TPSA) is 62.5 Å². The van der Waals surface area contributed by atoms with Crippen molar-refractivity contribution in [1.29, 1.82) is 0 Å². The van der Waals surface area contributed by atoms with Crippen molar-refractivity contribution < 1.29 is 4.79 Å². The van der Waals surface area contributed by atoms with Gasteiger partial charge in [-0.2, -0.15) is 0 Å². The molecule has 0 saturated carbocycles. The molecule has 1 fully saturated rings. The Balaban J connectivity index is 0.00000196. The predicted octanol–water partition coefficient (Wildman–Crippen LogP) is 3.09. The summed E-state index contributed by atoms with van der Waals surface area (Å²) in [4.78, 5) is 23.9. The molecule has 4 heterocycles. The minimum atomic E-state index is 0. The highest BCUT2D eigenvalue weighted by Crippen LogP contribution is 2.26.